The number of hydrogen-bond acceptors (Lipinski definition) is 4. The molecule has 1 atom stereocenters. The van der Waals surface area contributed by atoms with Crippen molar-refractivity contribution in [2.45, 2.75) is 39.5 Å². The van der Waals surface area contributed by atoms with Gasteiger partial charge in [-0.15, -0.1) is 0 Å². The molecule has 2 aromatic carbocycles. The van der Waals surface area contributed by atoms with Gasteiger partial charge in [0, 0.05) is 12.1 Å². The number of aryl methyl sites for hydroxylation is 3. The van der Waals surface area contributed by atoms with Gasteiger partial charge in [0.05, 0.1) is 17.0 Å². The first-order chi connectivity index (χ1) is 13.0. The Morgan fingerprint density at radius 1 is 0.963 bits per heavy atom. The second kappa shape index (κ2) is 6.95. The van der Waals surface area contributed by atoms with Crippen molar-refractivity contribution < 1.29 is 4.79 Å². The third-order valence-corrected chi connectivity index (χ3v) is 5.22. The molecule has 27 heavy (non-hydrogen) atoms. The van der Waals surface area contributed by atoms with Crippen LogP contribution in [0.2, 0.25) is 0 Å². The molecule has 1 heterocycles. The molecule has 1 aliphatic carbocycles. The van der Waals surface area contributed by atoms with Crippen molar-refractivity contribution in [1.82, 2.24) is 9.97 Å². The van der Waals surface area contributed by atoms with Gasteiger partial charge in [-0.3, -0.25) is 4.79 Å². The summed E-state index contributed by atoms with van der Waals surface area (Å²) < 4.78 is 0. The van der Waals surface area contributed by atoms with E-state index in [4.69, 9.17) is 4.98 Å². The minimum Gasteiger partial charge on any atom is -0.324 e. The zero-order chi connectivity index (χ0) is 19.0. The first kappa shape index (κ1) is 17.4. The maximum atomic E-state index is 12.8. The van der Waals surface area contributed by atoms with Gasteiger partial charge in [0.15, 0.2) is 5.78 Å². The number of carbonyl (C=O) groups excluding carboxylic acids is 1. The summed E-state index contributed by atoms with van der Waals surface area (Å²) in [5.41, 5.74) is 6.89. The molecule has 0 aliphatic heterocycles. The molecule has 3 aromatic rings. The lowest BCUT2D eigenvalue weighted by Crippen LogP contribution is -2.23. The van der Waals surface area contributed by atoms with Gasteiger partial charge in [0.25, 0.3) is 0 Å². The Kier molecular flexibility index (Phi) is 4.48. The summed E-state index contributed by atoms with van der Waals surface area (Å²) >= 11 is 0. The number of benzene rings is 2. The number of anilines is 2. The molecule has 0 saturated carbocycles. The van der Waals surface area contributed by atoms with E-state index in [-0.39, 0.29) is 11.7 Å². The van der Waals surface area contributed by atoms with Gasteiger partial charge in [-0.2, -0.15) is 0 Å². The average Bonchev–Trinajstić information content (AvgIpc) is 2.61. The highest BCUT2D eigenvalue weighted by atomic mass is 16.1. The van der Waals surface area contributed by atoms with E-state index in [0.717, 1.165) is 23.5 Å². The van der Waals surface area contributed by atoms with Crippen LogP contribution >= 0.6 is 0 Å². The lowest BCUT2D eigenvalue weighted by Gasteiger charge is -2.25. The molecule has 136 valence electrons. The van der Waals surface area contributed by atoms with E-state index in [0.29, 0.717) is 17.9 Å². The van der Waals surface area contributed by atoms with Crippen LogP contribution in [-0.2, 0) is 6.42 Å². The van der Waals surface area contributed by atoms with Crippen LogP contribution in [-0.4, -0.2) is 15.8 Å². The zero-order valence-electron chi connectivity index (χ0n) is 15.9. The number of rotatable bonds is 3. The van der Waals surface area contributed by atoms with Crippen LogP contribution in [0.1, 0.15) is 50.8 Å². The van der Waals surface area contributed by atoms with Gasteiger partial charge < -0.3 is 5.32 Å². The Balaban J connectivity index is 1.69. The van der Waals surface area contributed by atoms with Crippen molar-refractivity contribution in [3.63, 3.8) is 0 Å². The van der Waals surface area contributed by atoms with Crippen molar-refractivity contribution >= 4 is 17.4 Å². The number of carbonyl (C=O) groups is 1. The quantitative estimate of drug-likeness (QED) is 0.712. The largest absolute Gasteiger partial charge is 0.324 e. The molecule has 4 rings (SSSR count). The number of fused-ring (bicyclic) bond motifs is 1. The van der Waals surface area contributed by atoms with Crippen molar-refractivity contribution in [2.24, 2.45) is 0 Å². The number of hydrogen-bond donors (Lipinski definition) is 1. The van der Waals surface area contributed by atoms with Crippen molar-refractivity contribution in [3.05, 3.63) is 82.2 Å². The number of aromatic nitrogens is 2. The van der Waals surface area contributed by atoms with E-state index in [2.05, 4.69) is 48.4 Å². The zero-order valence-corrected chi connectivity index (χ0v) is 15.9. The first-order valence-corrected chi connectivity index (χ1v) is 9.31. The van der Waals surface area contributed by atoms with Crippen molar-refractivity contribution in [1.29, 1.82) is 0 Å². The molecule has 0 bridgehead atoms. The fourth-order valence-corrected chi connectivity index (χ4v) is 3.95. The smallest absolute Gasteiger partial charge is 0.227 e. The molecular formula is C23H23N3O. The fraction of sp³-hybridized carbons (Fsp3) is 0.261. The van der Waals surface area contributed by atoms with Crippen LogP contribution in [0.4, 0.5) is 11.6 Å². The van der Waals surface area contributed by atoms with Crippen molar-refractivity contribution in [2.75, 3.05) is 5.32 Å². The molecule has 0 amide bonds. The molecule has 0 fully saturated rings. The van der Waals surface area contributed by atoms with E-state index in [1.807, 2.05) is 31.2 Å². The fourth-order valence-electron chi connectivity index (χ4n) is 3.95. The Hall–Kier alpha value is -3.01. The van der Waals surface area contributed by atoms with Gasteiger partial charge in [-0.05, 0) is 61.9 Å². The lowest BCUT2D eigenvalue weighted by molar-refractivity contribution is 0.0962. The molecule has 0 radical (unpaired) electrons. The van der Waals surface area contributed by atoms with Gasteiger partial charge in [0.2, 0.25) is 5.95 Å². The highest BCUT2D eigenvalue weighted by Gasteiger charge is 2.30. The van der Waals surface area contributed by atoms with Crippen LogP contribution in [0.5, 0.6) is 0 Å². The summed E-state index contributed by atoms with van der Waals surface area (Å²) in [5, 5.41) is 3.28. The summed E-state index contributed by atoms with van der Waals surface area (Å²) in [6.07, 6.45) is 1.28. The predicted octanol–water partition coefficient (Wildman–Crippen LogP) is 5.06. The highest BCUT2D eigenvalue weighted by Crippen LogP contribution is 2.34. The number of nitrogens with one attached hydrogen (secondary N) is 1. The van der Waals surface area contributed by atoms with Gasteiger partial charge in [-0.25, -0.2) is 9.97 Å². The van der Waals surface area contributed by atoms with Crippen LogP contribution in [0.3, 0.4) is 0 Å². The third-order valence-electron chi connectivity index (χ3n) is 5.22. The molecule has 1 aliphatic rings. The first-order valence-electron chi connectivity index (χ1n) is 9.31. The maximum Gasteiger partial charge on any atom is 0.227 e. The van der Waals surface area contributed by atoms with E-state index < -0.39 is 0 Å². The predicted molar refractivity (Wildman–Crippen MR) is 108 cm³/mol. The molecule has 0 spiro atoms. The molecule has 1 aromatic heterocycles. The van der Waals surface area contributed by atoms with Crippen LogP contribution in [0, 0.1) is 20.8 Å². The summed E-state index contributed by atoms with van der Waals surface area (Å²) in [6, 6.07) is 16.4. The van der Waals surface area contributed by atoms with Gasteiger partial charge >= 0.3 is 0 Å². The van der Waals surface area contributed by atoms with E-state index in [1.165, 1.54) is 16.7 Å². The Morgan fingerprint density at radius 2 is 1.78 bits per heavy atom. The SMILES string of the molecule is Cc1cccc(Nc2nc(C)c3c(n2)C[C@H](c2ccccc2C)CC3=O)c1. The standard InChI is InChI=1S/C23H23N3O/c1-14-7-6-9-18(11-14)25-23-24-16(3)22-20(26-23)12-17(13-21(22)27)19-10-5-4-8-15(19)2/h4-11,17H,12-13H2,1-3H3,(H,24,25,26)/t17-/m0/s1. The molecule has 0 saturated heterocycles. The highest BCUT2D eigenvalue weighted by molar-refractivity contribution is 5.99. The molecule has 0 unspecified atom stereocenters. The van der Waals surface area contributed by atoms with E-state index in [9.17, 15) is 4.79 Å². The van der Waals surface area contributed by atoms with Crippen LogP contribution in [0.25, 0.3) is 0 Å². The minimum atomic E-state index is 0.143. The molecule has 4 heteroatoms. The summed E-state index contributed by atoms with van der Waals surface area (Å²) in [6.45, 7) is 6.05. The summed E-state index contributed by atoms with van der Waals surface area (Å²) in [4.78, 5) is 22.1. The van der Waals surface area contributed by atoms with Crippen molar-refractivity contribution in [3.8, 4) is 0 Å². The molecular weight excluding hydrogens is 334 g/mol. The van der Waals surface area contributed by atoms with Gasteiger partial charge in [0.1, 0.15) is 0 Å². The van der Waals surface area contributed by atoms with Gasteiger partial charge in [-0.1, -0.05) is 36.4 Å². The number of ketones is 1. The number of Topliss-reactive ketones (excluding diaryl/α,β-unsaturated/α-hetero) is 1. The minimum absolute atomic E-state index is 0.143. The Bertz CT molecular complexity index is 1030. The molecule has 1 N–H and O–H groups in total. The maximum absolute atomic E-state index is 12.8. The monoisotopic (exact) mass is 357 g/mol. The van der Waals surface area contributed by atoms with Crippen LogP contribution in [0.15, 0.2) is 48.5 Å². The number of nitrogens with zero attached hydrogens (tertiary/aromatic N) is 2. The summed E-state index contributed by atoms with van der Waals surface area (Å²) in [7, 11) is 0. The second-order valence-electron chi connectivity index (χ2n) is 7.33. The third kappa shape index (κ3) is 3.47. The van der Waals surface area contributed by atoms with E-state index >= 15 is 0 Å². The van der Waals surface area contributed by atoms with E-state index in [1.54, 1.807) is 0 Å². The average molecular weight is 357 g/mol. The summed E-state index contributed by atoms with van der Waals surface area (Å²) in [5.74, 6) is 0.867. The molecule has 4 nitrogen and oxygen atoms in total. The second-order valence-corrected chi connectivity index (χ2v) is 7.33. The lowest BCUT2D eigenvalue weighted by atomic mass is 9.80. The topological polar surface area (TPSA) is 54.9 Å². The Morgan fingerprint density at radius 3 is 2.56 bits per heavy atom. The Labute approximate surface area is 159 Å². The normalized spacial score (nSPS) is 16.1. The van der Waals surface area contributed by atoms with Crippen LogP contribution < -0.4 is 5.32 Å².